The molecule has 2 aromatic rings. The molecule has 10 heteroatoms. The molecule has 1 spiro atoms. The largest absolute Gasteiger partial charge is 0.370 e. The zero-order valence-corrected chi connectivity index (χ0v) is 16.6. The molecule has 2 aromatic heterocycles. The number of rotatable bonds is 5. The van der Waals surface area contributed by atoms with E-state index in [9.17, 15) is 13.2 Å². The van der Waals surface area contributed by atoms with Crippen LogP contribution in [-0.4, -0.2) is 78.3 Å². The van der Waals surface area contributed by atoms with Crippen molar-refractivity contribution in [1.29, 1.82) is 0 Å². The molecule has 0 aliphatic carbocycles. The second-order valence-corrected chi connectivity index (χ2v) is 9.64. The van der Waals surface area contributed by atoms with E-state index in [1.54, 1.807) is 11.1 Å². The molecule has 150 valence electrons. The Labute approximate surface area is 164 Å². The SMILES string of the molecule is CN(CC(=O)N1CCC2(CCN(c3cccnc3)C2)C1)S(=O)(=O)c1cnc[nH]1. The number of nitrogens with one attached hydrogen (secondary N) is 1. The number of imidazole rings is 1. The van der Waals surface area contributed by atoms with Gasteiger partial charge in [0.1, 0.15) is 0 Å². The molecular weight excluding hydrogens is 380 g/mol. The van der Waals surface area contributed by atoms with Gasteiger partial charge in [-0.25, -0.2) is 13.4 Å². The van der Waals surface area contributed by atoms with Crippen LogP contribution in [0.2, 0.25) is 0 Å². The maximum atomic E-state index is 12.7. The number of amides is 1. The van der Waals surface area contributed by atoms with Crippen molar-refractivity contribution < 1.29 is 13.2 Å². The van der Waals surface area contributed by atoms with Gasteiger partial charge in [-0.2, -0.15) is 4.31 Å². The molecule has 4 rings (SSSR count). The van der Waals surface area contributed by atoms with Gasteiger partial charge < -0.3 is 14.8 Å². The quantitative estimate of drug-likeness (QED) is 0.781. The number of nitrogens with zero attached hydrogens (tertiary/aromatic N) is 5. The smallest absolute Gasteiger partial charge is 0.260 e. The number of hydrogen-bond donors (Lipinski definition) is 1. The van der Waals surface area contributed by atoms with Crippen molar-refractivity contribution in [3.63, 3.8) is 0 Å². The first-order chi connectivity index (χ1) is 13.4. The maximum Gasteiger partial charge on any atom is 0.260 e. The second-order valence-electron chi connectivity index (χ2n) is 7.63. The first-order valence-electron chi connectivity index (χ1n) is 9.27. The number of pyridine rings is 1. The van der Waals surface area contributed by atoms with Crippen LogP contribution in [0, 0.1) is 5.41 Å². The van der Waals surface area contributed by atoms with Gasteiger partial charge in [-0.3, -0.25) is 9.78 Å². The van der Waals surface area contributed by atoms with E-state index in [1.165, 1.54) is 19.6 Å². The number of anilines is 1. The first-order valence-corrected chi connectivity index (χ1v) is 10.7. The number of aromatic nitrogens is 3. The topological polar surface area (TPSA) is 102 Å². The number of H-pyrrole nitrogens is 1. The molecule has 28 heavy (non-hydrogen) atoms. The third-order valence-electron chi connectivity index (χ3n) is 5.76. The molecule has 2 aliphatic heterocycles. The zero-order chi connectivity index (χ0) is 19.8. The standard InChI is InChI=1S/C18H24N6O3S/c1-22(28(26,27)16-10-20-14-21-16)11-17(25)24-8-5-18(13-24)4-7-23(12-18)15-3-2-6-19-9-15/h2-3,6,9-10,14H,4-5,7-8,11-13H2,1H3,(H,20,21). The fourth-order valence-corrected chi connectivity index (χ4v) is 5.12. The summed E-state index contributed by atoms with van der Waals surface area (Å²) in [4.78, 5) is 27.4. The molecule has 9 nitrogen and oxygen atoms in total. The number of carbonyl (C=O) groups is 1. The van der Waals surface area contributed by atoms with Gasteiger partial charge in [0, 0.05) is 44.8 Å². The van der Waals surface area contributed by atoms with Crippen LogP contribution >= 0.6 is 0 Å². The minimum atomic E-state index is -3.74. The fraction of sp³-hybridized carbons (Fsp3) is 0.500. The predicted octanol–water partition coefficient (Wildman–Crippen LogP) is 0.554. The lowest BCUT2D eigenvalue weighted by Gasteiger charge is -2.26. The van der Waals surface area contributed by atoms with Gasteiger partial charge in [0.05, 0.1) is 31.0 Å². The fourth-order valence-electron chi connectivity index (χ4n) is 4.10. The highest BCUT2D eigenvalue weighted by Crippen LogP contribution is 2.41. The molecule has 0 bridgehead atoms. The molecule has 2 fully saturated rings. The van der Waals surface area contributed by atoms with E-state index in [-0.39, 0.29) is 22.9 Å². The molecule has 1 unspecified atom stereocenters. The molecule has 0 radical (unpaired) electrons. The van der Waals surface area contributed by atoms with Crippen LogP contribution in [0.1, 0.15) is 12.8 Å². The maximum absolute atomic E-state index is 12.7. The van der Waals surface area contributed by atoms with Crippen LogP contribution in [0.4, 0.5) is 5.69 Å². The molecule has 1 amide bonds. The summed E-state index contributed by atoms with van der Waals surface area (Å²) in [5, 5.41) is -0.0106. The minimum Gasteiger partial charge on any atom is -0.370 e. The van der Waals surface area contributed by atoms with Crippen LogP contribution in [0.25, 0.3) is 0 Å². The van der Waals surface area contributed by atoms with E-state index in [4.69, 9.17) is 0 Å². The van der Waals surface area contributed by atoms with Crippen molar-refractivity contribution in [3.05, 3.63) is 37.1 Å². The third-order valence-corrected chi connectivity index (χ3v) is 7.49. The Morgan fingerprint density at radius 2 is 2.07 bits per heavy atom. The van der Waals surface area contributed by atoms with Gasteiger partial charge in [-0.15, -0.1) is 0 Å². The summed E-state index contributed by atoms with van der Waals surface area (Å²) in [5.74, 6) is -0.165. The summed E-state index contributed by atoms with van der Waals surface area (Å²) in [6.07, 6.45) is 8.14. The van der Waals surface area contributed by atoms with Crippen molar-refractivity contribution >= 4 is 21.6 Å². The lowest BCUT2D eigenvalue weighted by atomic mass is 9.86. The minimum absolute atomic E-state index is 0.0106. The second kappa shape index (κ2) is 7.17. The Morgan fingerprint density at radius 1 is 1.25 bits per heavy atom. The summed E-state index contributed by atoms with van der Waals surface area (Å²) in [5.41, 5.74) is 1.18. The van der Waals surface area contributed by atoms with E-state index < -0.39 is 10.0 Å². The number of hydrogen-bond acceptors (Lipinski definition) is 6. The van der Waals surface area contributed by atoms with Crippen LogP contribution < -0.4 is 4.90 Å². The number of likely N-dealkylation sites (N-methyl/N-ethyl adjacent to an activating group) is 1. The molecule has 1 atom stereocenters. The van der Waals surface area contributed by atoms with Gasteiger partial charge in [0.2, 0.25) is 5.91 Å². The molecule has 4 heterocycles. The average molecular weight is 404 g/mol. The van der Waals surface area contributed by atoms with Crippen LogP contribution in [0.15, 0.2) is 42.1 Å². The van der Waals surface area contributed by atoms with E-state index >= 15 is 0 Å². The van der Waals surface area contributed by atoms with Crippen LogP contribution in [0.3, 0.4) is 0 Å². The summed E-state index contributed by atoms with van der Waals surface area (Å²) in [6, 6.07) is 3.99. The average Bonchev–Trinajstić information content (AvgIpc) is 3.44. The Bertz CT molecular complexity index is 933. The number of sulfonamides is 1. The zero-order valence-electron chi connectivity index (χ0n) is 15.8. The molecular formula is C18H24N6O3S. The highest BCUT2D eigenvalue weighted by Gasteiger charge is 2.45. The summed E-state index contributed by atoms with van der Waals surface area (Å²) in [6.45, 7) is 2.99. The summed E-state index contributed by atoms with van der Waals surface area (Å²) < 4.78 is 26.0. The Morgan fingerprint density at radius 3 is 2.79 bits per heavy atom. The van der Waals surface area contributed by atoms with Crippen molar-refractivity contribution in [2.75, 3.05) is 44.7 Å². The van der Waals surface area contributed by atoms with Crippen LogP contribution in [-0.2, 0) is 14.8 Å². The molecule has 0 saturated carbocycles. The molecule has 2 aliphatic rings. The summed E-state index contributed by atoms with van der Waals surface area (Å²) in [7, 11) is -2.32. The first kappa shape index (κ1) is 18.9. The highest BCUT2D eigenvalue weighted by atomic mass is 32.2. The molecule has 0 aromatic carbocycles. The Balaban J connectivity index is 1.37. The van der Waals surface area contributed by atoms with E-state index in [2.05, 4.69) is 25.9 Å². The highest BCUT2D eigenvalue weighted by molar-refractivity contribution is 7.89. The number of likely N-dealkylation sites (tertiary alicyclic amines) is 1. The lowest BCUT2D eigenvalue weighted by Crippen LogP contribution is -2.41. The summed E-state index contributed by atoms with van der Waals surface area (Å²) >= 11 is 0. The Hall–Kier alpha value is -2.46. The van der Waals surface area contributed by atoms with Gasteiger partial charge in [0.15, 0.2) is 5.03 Å². The van der Waals surface area contributed by atoms with Crippen molar-refractivity contribution in [2.24, 2.45) is 5.41 Å². The molecule has 2 saturated heterocycles. The number of carbonyl (C=O) groups excluding carboxylic acids is 1. The third kappa shape index (κ3) is 3.49. The normalized spacial score (nSPS) is 22.5. The molecule has 1 N–H and O–H groups in total. The van der Waals surface area contributed by atoms with Crippen molar-refractivity contribution in [2.45, 2.75) is 17.9 Å². The van der Waals surface area contributed by atoms with Gasteiger partial charge in [0.25, 0.3) is 10.0 Å². The number of aromatic amines is 1. The van der Waals surface area contributed by atoms with Crippen molar-refractivity contribution in [3.8, 4) is 0 Å². The Kier molecular flexibility index (Phi) is 4.84. The van der Waals surface area contributed by atoms with E-state index in [1.807, 2.05) is 12.3 Å². The van der Waals surface area contributed by atoms with Crippen molar-refractivity contribution in [1.82, 2.24) is 24.2 Å². The van der Waals surface area contributed by atoms with Gasteiger partial charge in [-0.05, 0) is 25.0 Å². The van der Waals surface area contributed by atoms with Gasteiger partial charge >= 0.3 is 0 Å². The lowest BCUT2D eigenvalue weighted by molar-refractivity contribution is -0.130. The monoisotopic (exact) mass is 404 g/mol. The predicted molar refractivity (Wildman–Crippen MR) is 103 cm³/mol. The van der Waals surface area contributed by atoms with E-state index in [0.29, 0.717) is 13.1 Å². The van der Waals surface area contributed by atoms with Gasteiger partial charge in [-0.1, -0.05) is 0 Å². The van der Waals surface area contributed by atoms with E-state index in [0.717, 1.165) is 35.9 Å². The van der Waals surface area contributed by atoms with Crippen LogP contribution in [0.5, 0.6) is 0 Å².